The molecule has 0 bridgehead atoms. The summed E-state index contributed by atoms with van der Waals surface area (Å²) in [6.07, 6.45) is 2.07. The van der Waals surface area contributed by atoms with Gasteiger partial charge in [0.2, 0.25) is 0 Å². The van der Waals surface area contributed by atoms with Gasteiger partial charge in [-0.1, -0.05) is 43.7 Å². The summed E-state index contributed by atoms with van der Waals surface area (Å²) in [6, 6.07) is 15.0. The van der Waals surface area contributed by atoms with Gasteiger partial charge in [0, 0.05) is 13.1 Å². The number of anilines is 1. The van der Waals surface area contributed by atoms with Crippen molar-refractivity contribution in [2.75, 3.05) is 24.6 Å². The van der Waals surface area contributed by atoms with Gasteiger partial charge < -0.3 is 9.64 Å². The summed E-state index contributed by atoms with van der Waals surface area (Å²) in [7, 11) is 0. The molecule has 0 radical (unpaired) electrons. The normalized spacial score (nSPS) is 16.9. The minimum atomic E-state index is -0.262. The summed E-state index contributed by atoms with van der Waals surface area (Å²) in [5.41, 5.74) is 3.45. The van der Waals surface area contributed by atoms with E-state index in [-0.39, 0.29) is 11.8 Å². The first kappa shape index (κ1) is 20.2. The molecule has 2 aromatic rings. The summed E-state index contributed by atoms with van der Waals surface area (Å²) in [5.74, 6) is 0.705. The Hall–Kier alpha value is -3.08. The van der Waals surface area contributed by atoms with Crippen molar-refractivity contribution in [2.24, 2.45) is 5.92 Å². The van der Waals surface area contributed by atoms with Gasteiger partial charge in [0.25, 0.3) is 11.8 Å². The second-order valence-corrected chi connectivity index (χ2v) is 8.43. The lowest BCUT2D eigenvalue weighted by molar-refractivity contribution is -0.120. The SMILES string of the molecule is Cc1ccc(N2C(=O)C(c3ccc(OCC(C)C)cc3)=C(N3CCCC3)C2=O)cc1. The molecule has 1 saturated heterocycles. The van der Waals surface area contributed by atoms with Gasteiger partial charge in [-0.15, -0.1) is 0 Å². The van der Waals surface area contributed by atoms with Crippen LogP contribution in [0.25, 0.3) is 5.57 Å². The Balaban J connectivity index is 1.71. The Morgan fingerprint density at radius 1 is 0.900 bits per heavy atom. The molecule has 2 heterocycles. The summed E-state index contributed by atoms with van der Waals surface area (Å²) in [5, 5.41) is 0. The van der Waals surface area contributed by atoms with Crippen LogP contribution >= 0.6 is 0 Å². The molecule has 2 aliphatic rings. The quantitative estimate of drug-likeness (QED) is 0.669. The molecule has 0 N–H and O–H groups in total. The van der Waals surface area contributed by atoms with Gasteiger partial charge in [0.15, 0.2) is 0 Å². The third-order valence-corrected chi connectivity index (χ3v) is 5.50. The number of ether oxygens (including phenoxy) is 1. The van der Waals surface area contributed by atoms with E-state index in [4.69, 9.17) is 4.74 Å². The molecule has 2 aliphatic heterocycles. The average molecular weight is 405 g/mol. The minimum Gasteiger partial charge on any atom is -0.493 e. The smallest absolute Gasteiger partial charge is 0.282 e. The van der Waals surface area contributed by atoms with Gasteiger partial charge >= 0.3 is 0 Å². The van der Waals surface area contributed by atoms with Gasteiger partial charge in [-0.25, -0.2) is 4.90 Å². The molecule has 1 fully saturated rings. The second-order valence-electron chi connectivity index (χ2n) is 8.43. The highest BCUT2D eigenvalue weighted by molar-refractivity contribution is 6.45. The monoisotopic (exact) mass is 404 g/mol. The minimum absolute atomic E-state index is 0.235. The maximum atomic E-state index is 13.5. The number of benzene rings is 2. The summed E-state index contributed by atoms with van der Waals surface area (Å²) < 4.78 is 5.77. The van der Waals surface area contributed by atoms with Crippen LogP contribution < -0.4 is 9.64 Å². The number of aryl methyl sites for hydroxylation is 1. The largest absolute Gasteiger partial charge is 0.493 e. The molecular formula is C25H28N2O3. The maximum Gasteiger partial charge on any atom is 0.282 e. The Kier molecular flexibility index (Phi) is 5.62. The van der Waals surface area contributed by atoms with E-state index in [1.807, 2.05) is 55.5 Å². The Morgan fingerprint density at radius 3 is 2.13 bits per heavy atom. The van der Waals surface area contributed by atoms with Crippen LogP contribution in [0.5, 0.6) is 5.75 Å². The van der Waals surface area contributed by atoms with Crippen molar-refractivity contribution >= 4 is 23.1 Å². The fourth-order valence-electron chi connectivity index (χ4n) is 3.92. The lowest BCUT2D eigenvalue weighted by Gasteiger charge is -2.20. The van der Waals surface area contributed by atoms with E-state index in [0.717, 1.165) is 42.8 Å². The van der Waals surface area contributed by atoms with Crippen molar-refractivity contribution in [3.05, 3.63) is 65.4 Å². The number of hydrogen-bond donors (Lipinski definition) is 0. The fraction of sp³-hybridized carbons (Fsp3) is 0.360. The first-order valence-electron chi connectivity index (χ1n) is 10.6. The fourth-order valence-corrected chi connectivity index (χ4v) is 3.92. The van der Waals surface area contributed by atoms with Gasteiger partial charge in [-0.05, 0) is 55.5 Å². The van der Waals surface area contributed by atoms with E-state index >= 15 is 0 Å². The molecule has 156 valence electrons. The second kappa shape index (κ2) is 8.34. The van der Waals surface area contributed by atoms with Crippen molar-refractivity contribution in [3.8, 4) is 5.75 Å². The number of carbonyl (C=O) groups excluding carboxylic acids is 2. The van der Waals surface area contributed by atoms with Crippen LogP contribution in [0.3, 0.4) is 0 Å². The number of hydrogen-bond acceptors (Lipinski definition) is 4. The van der Waals surface area contributed by atoms with Crippen LogP contribution in [0.1, 0.15) is 37.8 Å². The van der Waals surface area contributed by atoms with Gasteiger partial charge in [0.1, 0.15) is 11.4 Å². The molecule has 0 unspecified atom stereocenters. The summed E-state index contributed by atoms with van der Waals surface area (Å²) >= 11 is 0. The molecule has 0 atom stereocenters. The first-order valence-corrected chi connectivity index (χ1v) is 10.6. The number of imide groups is 1. The van der Waals surface area contributed by atoms with Crippen LogP contribution in [-0.4, -0.2) is 36.4 Å². The van der Waals surface area contributed by atoms with Crippen LogP contribution in [0, 0.1) is 12.8 Å². The Labute approximate surface area is 177 Å². The predicted molar refractivity (Wildman–Crippen MR) is 118 cm³/mol. The molecular weight excluding hydrogens is 376 g/mol. The lowest BCUT2D eigenvalue weighted by atomic mass is 10.0. The van der Waals surface area contributed by atoms with Gasteiger partial charge in [-0.2, -0.15) is 0 Å². The summed E-state index contributed by atoms with van der Waals surface area (Å²) in [4.78, 5) is 30.2. The predicted octanol–water partition coefficient (Wildman–Crippen LogP) is 4.41. The molecule has 0 aliphatic carbocycles. The Bertz CT molecular complexity index is 968. The van der Waals surface area contributed by atoms with Crippen molar-refractivity contribution in [1.29, 1.82) is 0 Å². The topological polar surface area (TPSA) is 49.9 Å². The molecule has 0 spiro atoms. The number of likely N-dealkylation sites (tertiary alicyclic amines) is 1. The van der Waals surface area contributed by atoms with Crippen LogP contribution in [0.15, 0.2) is 54.2 Å². The van der Waals surface area contributed by atoms with E-state index in [0.29, 0.717) is 29.5 Å². The molecule has 30 heavy (non-hydrogen) atoms. The maximum absolute atomic E-state index is 13.5. The van der Waals surface area contributed by atoms with E-state index < -0.39 is 0 Å². The van der Waals surface area contributed by atoms with Crippen LogP contribution in [0.4, 0.5) is 5.69 Å². The number of rotatable bonds is 6. The average Bonchev–Trinajstić information content (AvgIpc) is 3.34. The zero-order valence-corrected chi connectivity index (χ0v) is 17.9. The summed E-state index contributed by atoms with van der Waals surface area (Å²) in [6.45, 7) is 8.43. The van der Waals surface area contributed by atoms with E-state index in [1.54, 1.807) is 0 Å². The number of nitrogens with zero attached hydrogens (tertiary/aromatic N) is 2. The molecule has 4 rings (SSSR count). The Morgan fingerprint density at radius 2 is 1.53 bits per heavy atom. The van der Waals surface area contributed by atoms with Crippen LogP contribution in [0.2, 0.25) is 0 Å². The van der Waals surface area contributed by atoms with E-state index in [2.05, 4.69) is 18.7 Å². The van der Waals surface area contributed by atoms with Gasteiger partial charge in [-0.3, -0.25) is 9.59 Å². The molecule has 2 aromatic carbocycles. The lowest BCUT2D eigenvalue weighted by Crippen LogP contribution is -2.34. The third kappa shape index (κ3) is 3.84. The van der Waals surface area contributed by atoms with Crippen molar-refractivity contribution < 1.29 is 14.3 Å². The zero-order valence-electron chi connectivity index (χ0n) is 17.9. The van der Waals surface area contributed by atoms with Crippen LogP contribution in [-0.2, 0) is 9.59 Å². The molecule has 0 saturated carbocycles. The highest BCUT2D eigenvalue weighted by Gasteiger charge is 2.42. The van der Waals surface area contributed by atoms with Crippen molar-refractivity contribution in [3.63, 3.8) is 0 Å². The number of amides is 2. The van der Waals surface area contributed by atoms with Crippen molar-refractivity contribution in [2.45, 2.75) is 33.6 Å². The van der Waals surface area contributed by atoms with E-state index in [1.165, 1.54) is 4.90 Å². The van der Waals surface area contributed by atoms with Crippen molar-refractivity contribution in [1.82, 2.24) is 4.90 Å². The standard InChI is InChI=1S/C25H28N2O3/c1-17(2)16-30-21-12-8-19(9-13-21)22-23(26-14-4-5-15-26)25(29)27(24(22)28)20-10-6-18(3)7-11-20/h6-13,17H,4-5,14-16H2,1-3H3. The molecule has 5 nitrogen and oxygen atoms in total. The van der Waals surface area contributed by atoms with E-state index in [9.17, 15) is 9.59 Å². The number of carbonyl (C=O) groups is 2. The molecule has 5 heteroatoms. The zero-order chi connectivity index (χ0) is 21.3. The highest BCUT2D eigenvalue weighted by atomic mass is 16.5. The van der Waals surface area contributed by atoms with Gasteiger partial charge in [0.05, 0.1) is 17.9 Å². The highest BCUT2D eigenvalue weighted by Crippen LogP contribution is 2.36. The third-order valence-electron chi connectivity index (χ3n) is 5.50. The molecule has 0 aromatic heterocycles. The molecule has 2 amide bonds. The first-order chi connectivity index (χ1) is 14.5.